The highest BCUT2D eigenvalue weighted by atomic mass is 15.2. The molecule has 1 aliphatic rings. The summed E-state index contributed by atoms with van der Waals surface area (Å²) in [6.07, 6.45) is 5.31. The molecule has 1 saturated carbocycles. The number of nitrogens with zero attached hydrogens (tertiary/aromatic N) is 1. The highest BCUT2D eigenvalue weighted by Gasteiger charge is 2.41. The first kappa shape index (κ1) is 18.0. The first-order valence-corrected chi connectivity index (χ1v) is 8.77. The number of hydrogen-bond acceptors (Lipinski definition) is 2. The van der Waals surface area contributed by atoms with E-state index in [1.165, 1.54) is 38.8 Å². The van der Waals surface area contributed by atoms with Crippen LogP contribution in [0.4, 0.5) is 0 Å². The molecule has 0 aromatic carbocycles. The van der Waals surface area contributed by atoms with Gasteiger partial charge >= 0.3 is 0 Å². The Morgan fingerprint density at radius 1 is 1.20 bits per heavy atom. The Kier molecular flexibility index (Phi) is 7.00. The zero-order valence-corrected chi connectivity index (χ0v) is 15.0. The Morgan fingerprint density at radius 3 is 2.25 bits per heavy atom. The van der Waals surface area contributed by atoms with Crippen LogP contribution in [0.1, 0.15) is 67.2 Å². The Hall–Kier alpha value is -0.0800. The first-order chi connectivity index (χ1) is 9.35. The minimum absolute atomic E-state index is 0.455. The van der Waals surface area contributed by atoms with Gasteiger partial charge in [0.05, 0.1) is 0 Å². The van der Waals surface area contributed by atoms with Crippen molar-refractivity contribution in [1.29, 1.82) is 0 Å². The van der Waals surface area contributed by atoms with Crippen LogP contribution in [-0.4, -0.2) is 37.1 Å². The SMILES string of the molecule is CCC(CC)N(CC(C)C)CC1CCC(C)(C)C1NC. The van der Waals surface area contributed by atoms with Crippen molar-refractivity contribution in [2.45, 2.75) is 79.3 Å². The lowest BCUT2D eigenvalue weighted by molar-refractivity contribution is 0.124. The molecule has 1 aliphatic carbocycles. The van der Waals surface area contributed by atoms with Gasteiger partial charge in [0, 0.05) is 25.2 Å². The Balaban J connectivity index is 2.74. The van der Waals surface area contributed by atoms with Gasteiger partial charge in [-0.15, -0.1) is 0 Å². The summed E-state index contributed by atoms with van der Waals surface area (Å²) in [6.45, 7) is 16.8. The third-order valence-electron chi connectivity index (χ3n) is 5.31. The summed E-state index contributed by atoms with van der Waals surface area (Å²) in [5, 5.41) is 3.61. The summed E-state index contributed by atoms with van der Waals surface area (Å²) < 4.78 is 0. The van der Waals surface area contributed by atoms with Crippen LogP contribution < -0.4 is 5.32 Å². The van der Waals surface area contributed by atoms with Crippen LogP contribution >= 0.6 is 0 Å². The predicted octanol–water partition coefficient (Wildman–Crippen LogP) is 4.16. The smallest absolute Gasteiger partial charge is 0.0156 e. The van der Waals surface area contributed by atoms with Gasteiger partial charge in [-0.05, 0) is 50.0 Å². The van der Waals surface area contributed by atoms with Gasteiger partial charge in [-0.3, -0.25) is 4.90 Å². The van der Waals surface area contributed by atoms with Crippen LogP contribution in [0.15, 0.2) is 0 Å². The van der Waals surface area contributed by atoms with Gasteiger partial charge in [-0.2, -0.15) is 0 Å². The molecule has 0 saturated heterocycles. The zero-order chi connectivity index (χ0) is 15.3. The first-order valence-electron chi connectivity index (χ1n) is 8.77. The third kappa shape index (κ3) is 4.46. The van der Waals surface area contributed by atoms with Crippen molar-refractivity contribution in [3.8, 4) is 0 Å². The molecular formula is C18H38N2. The van der Waals surface area contributed by atoms with E-state index in [-0.39, 0.29) is 0 Å². The molecule has 1 fully saturated rings. The molecule has 0 heterocycles. The van der Waals surface area contributed by atoms with E-state index in [4.69, 9.17) is 0 Å². The molecule has 2 heteroatoms. The van der Waals surface area contributed by atoms with Crippen LogP contribution in [0.3, 0.4) is 0 Å². The summed E-state index contributed by atoms with van der Waals surface area (Å²) >= 11 is 0. The monoisotopic (exact) mass is 282 g/mol. The van der Waals surface area contributed by atoms with E-state index in [9.17, 15) is 0 Å². The molecule has 0 aromatic rings. The van der Waals surface area contributed by atoms with Crippen LogP contribution in [0, 0.1) is 17.3 Å². The maximum Gasteiger partial charge on any atom is 0.0156 e. The standard InChI is InChI=1S/C18H38N2/c1-8-16(9-2)20(12-14(3)4)13-15-10-11-18(5,6)17(15)19-7/h14-17,19H,8-13H2,1-7H3. The second-order valence-corrected chi connectivity index (χ2v) is 7.87. The van der Waals surface area contributed by atoms with Crippen molar-refractivity contribution >= 4 is 0 Å². The van der Waals surface area contributed by atoms with E-state index in [0.717, 1.165) is 17.9 Å². The fraction of sp³-hybridized carbons (Fsp3) is 1.00. The van der Waals surface area contributed by atoms with Gasteiger partial charge in [-0.25, -0.2) is 0 Å². The molecule has 0 radical (unpaired) electrons. The minimum atomic E-state index is 0.455. The second kappa shape index (κ2) is 7.79. The number of hydrogen-bond donors (Lipinski definition) is 1. The lowest BCUT2D eigenvalue weighted by atomic mass is 9.84. The van der Waals surface area contributed by atoms with Crippen LogP contribution in [-0.2, 0) is 0 Å². The third-order valence-corrected chi connectivity index (χ3v) is 5.31. The Bertz CT molecular complexity index is 269. The fourth-order valence-corrected chi connectivity index (χ4v) is 4.29. The van der Waals surface area contributed by atoms with Crippen LogP contribution in [0.2, 0.25) is 0 Å². The van der Waals surface area contributed by atoms with Crippen molar-refractivity contribution in [1.82, 2.24) is 10.2 Å². The normalized spacial score (nSPS) is 26.1. The van der Waals surface area contributed by atoms with Gasteiger partial charge in [0.15, 0.2) is 0 Å². The Morgan fingerprint density at radius 2 is 1.80 bits per heavy atom. The summed E-state index contributed by atoms with van der Waals surface area (Å²) in [7, 11) is 2.15. The van der Waals surface area contributed by atoms with Gasteiger partial charge in [0.1, 0.15) is 0 Å². The molecule has 2 nitrogen and oxygen atoms in total. The molecule has 20 heavy (non-hydrogen) atoms. The highest BCUT2D eigenvalue weighted by Crippen LogP contribution is 2.41. The zero-order valence-electron chi connectivity index (χ0n) is 15.0. The van der Waals surface area contributed by atoms with E-state index >= 15 is 0 Å². The van der Waals surface area contributed by atoms with Gasteiger partial charge in [0.2, 0.25) is 0 Å². The average molecular weight is 283 g/mol. The maximum absolute atomic E-state index is 3.61. The summed E-state index contributed by atoms with van der Waals surface area (Å²) in [5.74, 6) is 1.58. The molecule has 0 aliphatic heterocycles. The average Bonchev–Trinajstić information content (AvgIpc) is 2.64. The minimum Gasteiger partial charge on any atom is -0.316 e. The summed E-state index contributed by atoms with van der Waals surface area (Å²) in [5.41, 5.74) is 0.455. The van der Waals surface area contributed by atoms with E-state index in [1.807, 2.05) is 0 Å². The van der Waals surface area contributed by atoms with Crippen molar-refractivity contribution in [3.63, 3.8) is 0 Å². The van der Waals surface area contributed by atoms with E-state index in [1.54, 1.807) is 0 Å². The molecule has 1 N–H and O–H groups in total. The van der Waals surface area contributed by atoms with Gasteiger partial charge in [0.25, 0.3) is 0 Å². The quantitative estimate of drug-likeness (QED) is 0.719. The maximum atomic E-state index is 3.61. The van der Waals surface area contributed by atoms with Crippen molar-refractivity contribution in [2.75, 3.05) is 20.1 Å². The predicted molar refractivity (Wildman–Crippen MR) is 90.1 cm³/mol. The number of nitrogens with one attached hydrogen (secondary N) is 1. The Labute approximate surface area is 127 Å². The van der Waals surface area contributed by atoms with E-state index in [2.05, 4.69) is 58.8 Å². The molecule has 0 aromatic heterocycles. The lowest BCUT2D eigenvalue weighted by Crippen LogP contribution is -2.47. The molecule has 2 unspecified atom stereocenters. The van der Waals surface area contributed by atoms with E-state index < -0.39 is 0 Å². The van der Waals surface area contributed by atoms with E-state index in [0.29, 0.717) is 11.5 Å². The van der Waals surface area contributed by atoms with Crippen molar-refractivity contribution in [3.05, 3.63) is 0 Å². The molecule has 0 bridgehead atoms. The molecule has 0 spiro atoms. The van der Waals surface area contributed by atoms with Gasteiger partial charge in [-0.1, -0.05) is 41.5 Å². The number of rotatable bonds is 8. The summed E-state index contributed by atoms with van der Waals surface area (Å²) in [6, 6.07) is 1.44. The second-order valence-electron chi connectivity index (χ2n) is 7.87. The molecule has 2 atom stereocenters. The fourth-order valence-electron chi connectivity index (χ4n) is 4.29. The lowest BCUT2D eigenvalue weighted by Gasteiger charge is -2.37. The highest BCUT2D eigenvalue weighted by molar-refractivity contribution is 4.97. The molecule has 0 amide bonds. The van der Waals surface area contributed by atoms with Crippen molar-refractivity contribution in [2.24, 2.45) is 17.3 Å². The molecule has 1 rings (SSSR count). The summed E-state index contributed by atoms with van der Waals surface area (Å²) in [4.78, 5) is 2.78. The van der Waals surface area contributed by atoms with Crippen molar-refractivity contribution < 1.29 is 0 Å². The largest absolute Gasteiger partial charge is 0.316 e. The van der Waals surface area contributed by atoms with Crippen LogP contribution in [0.5, 0.6) is 0 Å². The molecular weight excluding hydrogens is 244 g/mol. The van der Waals surface area contributed by atoms with Crippen LogP contribution in [0.25, 0.3) is 0 Å². The van der Waals surface area contributed by atoms with Gasteiger partial charge < -0.3 is 5.32 Å². The molecule has 120 valence electrons. The topological polar surface area (TPSA) is 15.3 Å².